The van der Waals surface area contributed by atoms with Crippen LogP contribution in [0.1, 0.15) is 27.3 Å². The highest BCUT2D eigenvalue weighted by atomic mass is 35.5. The molecule has 2 aromatic rings. The molecular formula is C16H13ClN2O. The number of carbonyl (C=O) groups is 1. The smallest absolute Gasteiger partial charge is 0.152 e. The molecule has 0 fully saturated rings. The highest BCUT2D eigenvalue weighted by Crippen LogP contribution is 2.29. The summed E-state index contributed by atoms with van der Waals surface area (Å²) >= 11 is 5.97. The summed E-state index contributed by atoms with van der Waals surface area (Å²) < 4.78 is 0. The Bertz CT molecular complexity index is 708. The lowest BCUT2D eigenvalue weighted by Crippen LogP contribution is -2.00. The Morgan fingerprint density at radius 2 is 2.15 bits per heavy atom. The van der Waals surface area contributed by atoms with Crippen molar-refractivity contribution in [2.24, 2.45) is 0 Å². The number of aryl methyl sites for hydroxylation is 1. The monoisotopic (exact) mass is 284 g/mol. The first-order chi connectivity index (χ1) is 9.58. The highest BCUT2D eigenvalue weighted by Gasteiger charge is 2.14. The van der Waals surface area contributed by atoms with Crippen molar-refractivity contribution in [3.05, 3.63) is 60.1 Å². The lowest BCUT2D eigenvalue weighted by Gasteiger charge is -2.11. The van der Waals surface area contributed by atoms with E-state index in [0.29, 0.717) is 27.5 Å². The lowest BCUT2D eigenvalue weighted by atomic mass is 10.0. The Hall–Kier alpha value is -2.26. The number of hydrogen-bond acceptors (Lipinski definition) is 3. The van der Waals surface area contributed by atoms with Crippen LogP contribution in [-0.4, -0.2) is 16.3 Å². The molecule has 0 spiro atoms. The van der Waals surface area contributed by atoms with Crippen molar-refractivity contribution in [3.63, 3.8) is 0 Å². The Kier molecular flexibility index (Phi) is 4.11. The molecule has 20 heavy (non-hydrogen) atoms. The van der Waals surface area contributed by atoms with Gasteiger partial charge in [0.15, 0.2) is 6.29 Å². The van der Waals surface area contributed by atoms with Crippen molar-refractivity contribution in [1.29, 1.82) is 0 Å². The molecule has 0 bridgehead atoms. The fraction of sp³-hybridized carbons (Fsp3) is 0.0625. The van der Waals surface area contributed by atoms with Crippen LogP contribution in [0.4, 0.5) is 0 Å². The summed E-state index contributed by atoms with van der Waals surface area (Å²) in [5, 5.41) is 0.306. The van der Waals surface area contributed by atoms with Gasteiger partial charge in [-0.1, -0.05) is 30.8 Å². The van der Waals surface area contributed by atoms with Crippen molar-refractivity contribution in [2.45, 2.75) is 6.92 Å². The number of aldehydes is 1. The Morgan fingerprint density at radius 3 is 2.70 bits per heavy atom. The van der Waals surface area contributed by atoms with Gasteiger partial charge < -0.3 is 0 Å². The SMILES string of the molecule is C=Cc1cc(C=O)c(-c2cccnc2C)nc1C(=C)Cl. The molecule has 0 atom stereocenters. The number of halogens is 1. The number of rotatable bonds is 4. The van der Waals surface area contributed by atoms with Crippen LogP contribution in [-0.2, 0) is 0 Å². The maximum Gasteiger partial charge on any atom is 0.152 e. The van der Waals surface area contributed by atoms with Gasteiger partial charge in [-0.3, -0.25) is 9.78 Å². The van der Waals surface area contributed by atoms with Gasteiger partial charge in [-0.05, 0) is 25.1 Å². The molecule has 2 aromatic heterocycles. The summed E-state index contributed by atoms with van der Waals surface area (Å²) in [4.78, 5) is 20.0. The summed E-state index contributed by atoms with van der Waals surface area (Å²) in [6.45, 7) is 9.26. The third-order valence-corrected chi connectivity index (χ3v) is 3.13. The third kappa shape index (κ3) is 2.53. The second-order valence-electron chi connectivity index (χ2n) is 4.23. The van der Waals surface area contributed by atoms with Crippen molar-refractivity contribution in [2.75, 3.05) is 0 Å². The zero-order valence-electron chi connectivity index (χ0n) is 11.1. The molecule has 0 aliphatic carbocycles. The predicted octanol–water partition coefficient (Wildman–Crippen LogP) is 4.12. The van der Waals surface area contributed by atoms with E-state index in [1.54, 1.807) is 24.4 Å². The van der Waals surface area contributed by atoms with Crippen LogP contribution in [0.2, 0.25) is 0 Å². The molecule has 0 amide bonds. The summed E-state index contributed by atoms with van der Waals surface area (Å²) in [6.07, 6.45) is 4.06. The maximum atomic E-state index is 11.3. The molecule has 3 nitrogen and oxygen atoms in total. The van der Waals surface area contributed by atoms with E-state index < -0.39 is 0 Å². The Labute approximate surface area is 122 Å². The van der Waals surface area contributed by atoms with Crippen molar-refractivity contribution in [1.82, 2.24) is 9.97 Å². The topological polar surface area (TPSA) is 42.9 Å². The van der Waals surface area contributed by atoms with Gasteiger partial charge in [0.2, 0.25) is 0 Å². The van der Waals surface area contributed by atoms with Crippen LogP contribution >= 0.6 is 11.6 Å². The molecule has 2 rings (SSSR count). The molecule has 4 heteroatoms. The molecule has 0 saturated heterocycles. The summed E-state index contributed by atoms with van der Waals surface area (Å²) in [6, 6.07) is 5.37. The number of aromatic nitrogens is 2. The van der Waals surface area contributed by atoms with E-state index >= 15 is 0 Å². The van der Waals surface area contributed by atoms with Gasteiger partial charge in [0.05, 0.1) is 16.4 Å². The molecular weight excluding hydrogens is 272 g/mol. The average molecular weight is 285 g/mol. The molecule has 0 aliphatic heterocycles. The van der Waals surface area contributed by atoms with Crippen LogP contribution in [0.3, 0.4) is 0 Å². The van der Waals surface area contributed by atoms with Crippen molar-refractivity contribution in [3.8, 4) is 11.3 Å². The van der Waals surface area contributed by atoms with Gasteiger partial charge in [0.1, 0.15) is 0 Å². The van der Waals surface area contributed by atoms with Crippen molar-refractivity contribution >= 4 is 29.0 Å². The average Bonchev–Trinajstić information content (AvgIpc) is 2.46. The van der Waals surface area contributed by atoms with E-state index in [2.05, 4.69) is 23.1 Å². The van der Waals surface area contributed by atoms with Gasteiger partial charge in [-0.2, -0.15) is 0 Å². The fourth-order valence-corrected chi connectivity index (χ4v) is 2.11. The molecule has 0 aliphatic rings. The van der Waals surface area contributed by atoms with E-state index in [1.165, 1.54) is 0 Å². The number of carbonyl (C=O) groups excluding carboxylic acids is 1. The zero-order valence-corrected chi connectivity index (χ0v) is 11.8. The minimum absolute atomic E-state index is 0.306. The molecule has 0 radical (unpaired) electrons. The van der Waals surface area contributed by atoms with Crippen LogP contribution in [0.5, 0.6) is 0 Å². The largest absolute Gasteiger partial charge is 0.298 e. The standard InChI is InChI=1S/C16H13ClN2O/c1-4-12-8-13(9-20)16(19-15(12)10(2)17)14-6-5-7-18-11(14)3/h4-9H,1-2H2,3H3. The first-order valence-electron chi connectivity index (χ1n) is 5.98. The quantitative estimate of drug-likeness (QED) is 0.793. The van der Waals surface area contributed by atoms with E-state index in [0.717, 1.165) is 17.5 Å². The first kappa shape index (κ1) is 14.2. The van der Waals surface area contributed by atoms with E-state index in [-0.39, 0.29) is 0 Å². The van der Waals surface area contributed by atoms with E-state index in [9.17, 15) is 4.79 Å². The van der Waals surface area contributed by atoms with E-state index in [4.69, 9.17) is 11.6 Å². The molecule has 0 aromatic carbocycles. The maximum absolute atomic E-state index is 11.3. The zero-order chi connectivity index (χ0) is 14.7. The second-order valence-corrected chi connectivity index (χ2v) is 4.68. The number of hydrogen-bond donors (Lipinski definition) is 0. The second kappa shape index (κ2) is 5.80. The fourth-order valence-electron chi connectivity index (χ4n) is 1.96. The molecule has 100 valence electrons. The molecule has 0 N–H and O–H groups in total. The van der Waals surface area contributed by atoms with Crippen LogP contribution in [0, 0.1) is 6.92 Å². The number of pyridine rings is 2. The summed E-state index contributed by atoms with van der Waals surface area (Å²) in [7, 11) is 0. The van der Waals surface area contributed by atoms with Crippen LogP contribution in [0.25, 0.3) is 22.4 Å². The number of nitrogens with zero attached hydrogens (tertiary/aromatic N) is 2. The van der Waals surface area contributed by atoms with E-state index in [1.807, 2.05) is 13.0 Å². The summed E-state index contributed by atoms with van der Waals surface area (Å²) in [5.41, 5.74) is 3.80. The van der Waals surface area contributed by atoms with Gasteiger partial charge in [-0.25, -0.2) is 4.98 Å². The molecule has 0 saturated carbocycles. The lowest BCUT2D eigenvalue weighted by molar-refractivity contribution is 0.112. The van der Waals surface area contributed by atoms with Crippen LogP contribution in [0.15, 0.2) is 37.6 Å². The Balaban J connectivity index is 2.78. The van der Waals surface area contributed by atoms with Crippen LogP contribution < -0.4 is 0 Å². The normalized spacial score (nSPS) is 10.1. The van der Waals surface area contributed by atoms with Gasteiger partial charge >= 0.3 is 0 Å². The highest BCUT2D eigenvalue weighted by molar-refractivity contribution is 6.48. The molecule has 2 heterocycles. The summed E-state index contributed by atoms with van der Waals surface area (Å²) in [5.74, 6) is 0. The predicted molar refractivity (Wildman–Crippen MR) is 82.6 cm³/mol. The first-order valence-corrected chi connectivity index (χ1v) is 6.35. The minimum Gasteiger partial charge on any atom is -0.298 e. The van der Waals surface area contributed by atoms with Gasteiger partial charge in [-0.15, -0.1) is 0 Å². The van der Waals surface area contributed by atoms with Gasteiger partial charge in [0.25, 0.3) is 0 Å². The minimum atomic E-state index is 0.306. The third-order valence-electron chi connectivity index (χ3n) is 2.95. The van der Waals surface area contributed by atoms with Crippen molar-refractivity contribution < 1.29 is 4.79 Å². The molecule has 0 unspecified atom stereocenters. The Morgan fingerprint density at radius 1 is 1.40 bits per heavy atom. The van der Waals surface area contributed by atoms with Gasteiger partial charge in [0, 0.05) is 28.6 Å².